The fourth-order valence-electron chi connectivity index (χ4n) is 2.51. The van der Waals surface area contributed by atoms with Gasteiger partial charge in [-0.15, -0.1) is 0 Å². The van der Waals surface area contributed by atoms with E-state index in [0.29, 0.717) is 0 Å². The molecule has 0 aliphatic rings. The highest BCUT2D eigenvalue weighted by Gasteiger charge is 2.21. The number of rotatable bonds is 4. The van der Waals surface area contributed by atoms with Gasteiger partial charge in [0.1, 0.15) is 5.82 Å². The van der Waals surface area contributed by atoms with E-state index in [1.54, 1.807) is 0 Å². The average molecular weight is 252 g/mol. The molecule has 4 nitrogen and oxygen atoms in total. The van der Waals surface area contributed by atoms with Crippen molar-refractivity contribution in [2.45, 2.75) is 47.1 Å². The highest BCUT2D eigenvalue weighted by Crippen LogP contribution is 2.26. The zero-order valence-electron chi connectivity index (χ0n) is 12.9. The van der Waals surface area contributed by atoms with Crippen molar-refractivity contribution < 1.29 is 0 Å². The zero-order valence-corrected chi connectivity index (χ0v) is 12.9. The molecule has 1 atom stereocenters. The van der Waals surface area contributed by atoms with Crippen molar-refractivity contribution in [2.24, 2.45) is 18.2 Å². The number of nitrogens with two attached hydrogens (primary N) is 1. The van der Waals surface area contributed by atoms with Gasteiger partial charge < -0.3 is 10.6 Å². The van der Waals surface area contributed by atoms with Crippen LogP contribution in [-0.4, -0.2) is 29.4 Å². The van der Waals surface area contributed by atoms with E-state index in [-0.39, 0.29) is 11.5 Å². The minimum atomic E-state index is 0.162. The molecule has 1 aromatic rings. The summed E-state index contributed by atoms with van der Waals surface area (Å²) in [6.07, 6.45) is 0.878. The fourth-order valence-corrected chi connectivity index (χ4v) is 2.51. The van der Waals surface area contributed by atoms with E-state index < -0.39 is 0 Å². The molecular weight excluding hydrogens is 224 g/mol. The zero-order chi connectivity index (χ0) is 14.1. The summed E-state index contributed by atoms with van der Waals surface area (Å²) in [5, 5.41) is 4.53. The van der Waals surface area contributed by atoms with E-state index >= 15 is 0 Å². The van der Waals surface area contributed by atoms with Gasteiger partial charge in [0.15, 0.2) is 0 Å². The van der Waals surface area contributed by atoms with Crippen LogP contribution in [-0.2, 0) is 13.5 Å². The molecule has 2 N–H and O–H groups in total. The lowest BCUT2D eigenvalue weighted by Crippen LogP contribution is -2.31. The van der Waals surface area contributed by atoms with Crippen molar-refractivity contribution in [2.75, 3.05) is 18.5 Å². The molecule has 0 amide bonds. The predicted molar refractivity (Wildman–Crippen MR) is 78.0 cm³/mol. The number of anilines is 1. The number of hydrogen-bond donors (Lipinski definition) is 1. The largest absolute Gasteiger partial charge is 0.359 e. The molecule has 0 spiro atoms. The molecule has 0 aliphatic heterocycles. The van der Waals surface area contributed by atoms with Crippen LogP contribution in [0.5, 0.6) is 0 Å². The van der Waals surface area contributed by atoms with Crippen LogP contribution in [0, 0.1) is 12.3 Å². The lowest BCUT2D eigenvalue weighted by atomic mass is 9.96. The van der Waals surface area contributed by atoms with E-state index in [9.17, 15) is 0 Å². The molecule has 104 valence electrons. The van der Waals surface area contributed by atoms with Crippen molar-refractivity contribution in [1.82, 2.24) is 9.78 Å². The predicted octanol–water partition coefficient (Wildman–Crippen LogP) is 2.10. The van der Waals surface area contributed by atoms with Crippen molar-refractivity contribution in [3.8, 4) is 0 Å². The molecule has 4 heteroatoms. The molecule has 0 saturated carbocycles. The normalized spacial score (nSPS) is 13.8. The molecule has 18 heavy (non-hydrogen) atoms. The van der Waals surface area contributed by atoms with Crippen LogP contribution >= 0.6 is 0 Å². The molecule has 0 aromatic carbocycles. The maximum atomic E-state index is 5.94. The molecule has 0 radical (unpaired) electrons. The Labute approximate surface area is 111 Å². The van der Waals surface area contributed by atoms with Crippen molar-refractivity contribution in [1.29, 1.82) is 0 Å². The second-order valence-corrected chi connectivity index (χ2v) is 6.61. The Kier molecular flexibility index (Phi) is 4.43. The van der Waals surface area contributed by atoms with E-state index in [1.165, 1.54) is 11.4 Å². The number of aromatic nitrogens is 2. The Morgan fingerprint density at radius 1 is 1.39 bits per heavy atom. The molecule has 0 saturated heterocycles. The van der Waals surface area contributed by atoms with Gasteiger partial charge in [-0.3, -0.25) is 4.68 Å². The van der Waals surface area contributed by atoms with Gasteiger partial charge in [-0.05, 0) is 25.7 Å². The van der Waals surface area contributed by atoms with Gasteiger partial charge in [0.2, 0.25) is 0 Å². The SMILES string of the molecule is Cc1nn(C)c(N(C)CC(C)(C)C)c1CC(C)N. The van der Waals surface area contributed by atoms with E-state index in [4.69, 9.17) is 5.73 Å². The standard InChI is InChI=1S/C14H28N4/c1-10(15)8-12-11(2)16-18(7)13(12)17(6)9-14(3,4)5/h10H,8-9,15H2,1-7H3. The van der Waals surface area contributed by atoms with Crippen molar-refractivity contribution >= 4 is 5.82 Å². The summed E-state index contributed by atoms with van der Waals surface area (Å²) in [7, 11) is 4.14. The molecular formula is C14H28N4. The summed E-state index contributed by atoms with van der Waals surface area (Å²) in [6, 6.07) is 0.162. The van der Waals surface area contributed by atoms with Gasteiger partial charge >= 0.3 is 0 Å². The van der Waals surface area contributed by atoms with E-state index in [0.717, 1.165) is 18.7 Å². The minimum absolute atomic E-state index is 0.162. The number of hydrogen-bond acceptors (Lipinski definition) is 3. The van der Waals surface area contributed by atoms with Gasteiger partial charge in [-0.25, -0.2) is 0 Å². The molecule has 1 rings (SSSR count). The van der Waals surface area contributed by atoms with Crippen LogP contribution in [0.4, 0.5) is 5.82 Å². The van der Waals surface area contributed by atoms with Crippen LogP contribution < -0.4 is 10.6 Å². The maximum Gasteiger partial charge on any atom is 0.129 e. The summed E-state index contributed by atoms with van der Waals surface area (Å²) in [4.78, 5) is 2.29. The van der Waals surface area contributed by atoms with Crippen molar-refractivity contribution in [3.63, 3.8) is 0 Å². The number of nitrogens with zero attached hydrogens (tertiary/aromatic N) is 3. The molecule has 1 unspecified atom stereocenters. The Morgan fingerprint density at radius 2 is 1.94 bits per heavy atom. The molecule has 0 fully saturated rings. The maximum absolute atomic E-state index is 5.94. The first-order valence-corrected chi connectivity index (χ1v) is 6.61. The molecule has 1 aromatic heterocycles. The van der Waals surface area contributed by atoms with Gasteiger partial charge in [0.05, 0.1) is 5.69 Å². The topological polar surface area (TPSA) is 47.1 Å². The lowest BCUT2D eigenvalue weighted by molar-refractivity contribution is 0.415. The van der Waals surface area contributed by atoms with E-state index in [2.05, 4.69) is 44.7 Å². The highest BCUT2D eigenvalue weighted by atomic mass is 15.4. The van der Waals surface area contributed by atoms with Crippen LogP contribution in [0.3, 0.4) is 0 Å². The first-order valence-electron chi connectivity index (χ1n) is 6.61. The van der Waals surface area contributed by atoms with E-state index in [1.807, 2.05) is 18.7 Å². The lowest BCUT2D eigenvalue weighted by Gasteiger charge is -2.29. The summed E-state index contributed by atoms with van der Waals surface area (Å²) >= 11 is 0. The fraction of sp³-hybridized carbons (Fsp3) is 0.786. The molecule has 0 aliphatic carbocycles. The smallest absolute Gasteiger partial charge is 0.129 e. The van der Waals surface area contributed by atoms with Crippen LogP contribution in [0.15, 0.2) is 0 Å². The summed E-state index contributed by atoms with van der Waals surface area (Å²) < 4.78 is 1.97. The number of aryl methyl sites for hydroxylation is 2. The van der Waals surface area contributed by atoms with Crippen LogP contribution in [0.1, 0.15) is 39.0 Å². The Bertz CT molecular complexity index is 399. The monoisotopic (exact) mass is 252 g/mol. The van der Waals surface area contributed by atoms with Crippen LogP contribution in [0.25, 0.3) is 0 Å². The molecule has 0 bridgehead atoms. The quantitative estimate of drug-likeness (QED) is 0.892. The first-order chi connectivity index (χ1) is 8.11. The third-order valence-electron chi connectivity index (χ3n) is 2.91. The van der Waals surface area contributed by atoms with Crippen LogP contribution in [0.2, 0.25) is 0 Å². The molecule has 1 heterocycles. The Morgan fingerprint density at radius 3 is 2.39 bits per heavy atom. The third kappa shape index (κ3) is 3.73. The summed E-state index contributed by atoms with van der Waals surface area (Å²) in [5.41, 5.74) is 8.57. The summed E-state index contributed by atoms with van der Waals surface area (Å²) in [6.45, 7) is 11.8. The second kappa shape index (κ2) is 5.31. The van der Waals surface area contributed by atoms with Gasteiger partial charge in [0, 0.05) is 32.2 Å². The van der Waals surface area contributed by atoms with Crippen molar-refractivity contribution in [3.05, 3.63) is 11.3 Å². The Hall–Kier alpha value is -1.03. The Balaban J connectivity index is 3.06. The highest BCUT2D eigenvalue weighted by molar-refractivity contribution is 5.50. The minimum Gasteiger partial charge on any atom is -0.359 e. The second-order valence-electron chi connectivity index (χ2n) is 6.61. The van der Waals surface area contributed by atoms with Gasteiger partial charge in [-0.2, -0.15) is 5.10 Å². The first kappa shape index (κ1) is 15.0. The van der Waals surface area contributed by atoms with Gasteiger partial charge in [-0.1, -0.05) is 20.8 Å². The van der Waals surface area contributed by atoms with Gasteiger partial charge in [0.25, 0.3) is 0 Å². The summed E-state index contributed by atoms with van der Waals surface area (Å²) in [5.74, 6) is 1.19. The average Bonchev–Trinajstić information content (AvgIpc) is 2.37. The third-order valence-corrected chi connectivity index (χ3v) is 2.91.